The van der Waals surface area contributed by atoms with Gasteiger partial charge in [-0.15, -0.1) is 0 Å². The van der Waals surface area contributed by atoms with Crippen LogP contribution in [-0.4, -0.2) is 16.9 Å². The largest absolute Gasteiger partial charge is 0.508 e. The molecule has 1 heterocycles. The normalized spacial score (nSPS) is 23.9. The van der Waals surface area contributed by atoms with Crippen LogP contribution in [0.3, 0.4) is 0 Å². The second kappa shape index (κ2) is 3.24. The Morgan fingerprint density at radius 1 is 1.40 bits per heavy atom. The van der Waals surface area contributed by atoms with E-state index in [1.165, 1.54) is 12.1 Å². The molecule has 1 fully saturated rings. The van der Waals surface area contributed by atoms with Crippen molar-refractivity contribution in [3.8, 4) is 5.75 Å². The predicted molar refractivity (Wildman–Crippen MR) is 52.1 cm³/mol. The summed E-state index contributed by atoms with van der Waals surface area (Å²) in [7, 11) is 0. The topological polar surface area (TPSA) is 55.8 Å². The fourth-order valence-electron chi connectivity index (χ4n) is 1.54. The molecule has 0 spiro atoms. The molecule has 0 bridgehead atoms. The zero-order valence-electron chi connectivity index (χ0n) is 8.56. The van der Waals surface area contributed by atoms with Gasteiger partial charge in [-0.1, -0.05) is 12.1 Å². The van der Waals surface area contributed by atoms with E-state index in [0.29, 0.717) is 5.56 Å². The number of phenols is 1. The number of phenolic OH excluding ortho intramolecular Hbond substituents is 1. The number of carbonyl (C=O) groups excluding carboxylic acids is 1. The van der Waals surface area contributed by atoms with Crippen molar-refractivity contribution in [1.29, 1.82) is 0 Å². The van der Waals surface area contributed by atoms with Crippen LogP contribution in [0.1, 0.15) is 25.5 Å². The van der Waals surface area contributed by atoms with Gasteiger partial charge < -0.3 is 14.6 Å². The van der Waals surface area contributed by atoms with Gasteiger partial charge in [0.15, 0.2) is 6.10 Å². The highest BCUT2D eigenvalue weighted by Crippen LogP contribution is 2.34. The Morgan fingerprint density at radius 3 is 2.67 bits per heavy atom. The van der Waals surface area contributed by atoms with Gasteiger partial charge in [-0.2, -0.15) is 0 Å². The van der Waals surface area contributed by atoms with Crippen LogP contribution in [-0.2, 0) is 14.3 Å². The molecule has 0 aromatic heterocycles. The summed E-state index contributed by atoms with van der Waals surface area (Å²) in [6.07, 6.45) is -0.743. The molecule has 1 aliphatic rings. The van der Waals surface area contributed by atoms with Gasteiger partial charge in [-0.3, -0.25) is 0 Å². The van der Waals surface area contributed by atoms with E-state index >= 15 is 0 Å². The van der Waals surface area contributed by atoms with E-state index in [-0.39, 0.29) is 5.75 Å². The van der Waals surface area contributed by atoms with Gasteiger partial charge in [0.2, 0.25) is 5.79 Å². The smallest absolute Gasteiger partial charge is 0.342 e. The van der Waals surface area contributed by atoms with Gasteiger partial charge in [0.05, 0.1) is 0 Å². The molecular formula is C11H12O4. The maximum Gasteiger partial charge on any atom is 0.342 e. The SMILES string of the molecule is CC1(C)OC(=O)C(c2cccc(O)c2)O1. The van der Waals surface area contributed by atoms with E-state index in [1.807, 2.05) is 0 Å². The van der Waals surface area contributed by atoms with Crippen LogP contribution in [0.5, 0.6) is 5.75 Å². The van der Waals surface area contributed by atoms with Crippen molar-refractivity contribution in [1.82, 2.24) is 0 Å². The van der Waals surface area contributed by atoms with Crippen LogP contribution < -0.4 is 0 Å². The minimum Gasteiger partial charge on any atom is -0.508 e. The van der Waals surface area contributed by atoms with Crippen LogP contribution in [0.25, 0.3) is 0 Å². The predicted octanol–water partition coefficient (Wildman–Crippen LogP) is 1.74. The molecule has 1 saturated heterocycles. The van der Waals surface area contributed by atoms with Crippen LogP contribution in [0, 0.1) is 0 Å². The molecule has 2 rings (SSSR count). The molecule has 1 unspecified atom stereocenters. The molecule has 1 aromatic rings. The zero-order chi connectivity index (χ0) is 11.1. The van der Waals surface area contributed by atoms with Crippen molar-refractivity contribution in [2.45, 2.75) is 25.7 Å². The molecule has 1 atom stereocenters. The fourth-order valence-corrected chi connectivity index (χ4v) is 1.54. The summed E-state index contributed by atoms with van der Waals surface area (Å²) in [5, 5.41) is 9.28. The van der Waals surface area contributed by atoms with Crippen LogP contribution in [0.4, 0.5) is 0 Å². The zero-order valence-corrected chi connectivity index (χ0v) is 8.56. The number of hydrogen-bond acceptors (Lipinski definition) is 4. The lowest BCUT2D eigenvalue weighted by Gasteiger charge is -2.15. The minimum absolute atomic E-state index is 0.105. The molecule has 4 heteroatoms. The van der Waals surface area contributed by atoms with E-state index in [2.05, 4.69) is 0 Å². The average molecular weight is 208 g/mol. The van der Waals surface area contributed by atoms with Gasteiger partial charge in [0.25, 0.3) is 0 Å². The Hall–Kier alpha value is -1.55. The number of cyclic esters (lactones) is 1. The molecule has 4 nitrogen and oxygen atoms in total. The highest BCUT2D eigenvalue weighted by molar-refractivity contribution is 5.78. The van der Waals surface area contributed by atoms with E-state index in [4.69, 9.17) is 9.47 Å². The number of ether oxygens (including phenoxy) is 2. The van der Waals surface area contributed by atoms with Crippen molar-refractivity contribution < 1.29 is 19.4 Å². The molecule has 0 aliphatic carbocycles. The molecular weight excluding hydrogens is 196 g/mol. The monoisotopic (exact) mass is 208 g/mol. The standard InChI is InChI=1S/C11H12O4/c1-11(2)14-9(10(13)15-11)7-4-3-5-8(12)6-7/h3-6,9,12H,1-2H3. The third-order valence-electron chi connectivity index (χ3n) is 2.14. The molecule has 15 heavy (non-hydrogen) atoms. The minimum atomic E-state index is -0.896. The van der Waals surface area contributed by atoms with Gasteiger partial charge in [0, 0.05) is 13.8 Å². The Labute approximate surface area is 87.4 Å². The first-order valence-corrected chi connectivity index (χ1v) is 4.67. The number of carbonyl (C=O) groups is 1. The molecule has 1 aromatic carbocycles. The van der Waals surface area contributed by atoms with E-state index in [1.54, 1.807) is 26.0 Å². The van der Waals surface area contributed by atoms with Crippen molar-refractivity contribution in [3.05, 3.63) is 29.8 Å². The van der Waals surface area contributed by atoms with Crippen LogP contribution >= 0.6 is 0 Å². The van der Waals surface area contributed by atoms with Gasteiger partial charge >= 0.3 is 5.97 Å². The summed E-state index contributed by atoms with van der Waals surface area (Å²) in [5.74, 6) is -1.22. The third-order valence-corrected chi connectivity index (χ3v) is 2.14. The first-order chi connectivity index (χ1) is 6.98. The molecule has 0 amide bonds. The Kier molecular flexibility index (Phi) is 2.16. The molecule has 1 aliphatic heterocycles. The second-order valence-electron chi connectivity index (χ2n) is 3.91. The summed E-state index contributed by atoms with van der Waals surface area (Å²) in [4.78, 5) is 11.5. The summed E-state index contributed by atoms with van der Waals surface area (Å²) in [6, 6.07) is 6.40. The van der Waals surface area contributed by atoms with Crippen molar-refractivity contribution in [2.24, 2.45) is 0 Å². The van der Waals surface area contributed by atoms with Gasteiger partial charge in [-0.25, -0.2) is 4.79 Å². The number of hydrogen-bond donors (Lipinski definition) is 1. The highest BCUT2D eigenvalue weighted by Gasteiger charge is 2.41. The Bertz CT molecular complexity index is 397. The van der Waals surface area contributed by atoms with E-state index in [9.17, 15) is 9.90 Å². The molecule has 0 radical (unpaired) electrons. The summed E-state index contributed by atoms with van der Waals surface area (Å²) < 4.78 is 10.4. The number of esters is 1. The first-order valence-electron chi connectivity index (χ1n) is 4.67. The lowest BCUT2D eigenvalue weighted by atomic mass is 10.1. The quantitative estimate of drug-likeness (QED) is 0.714. The Morgan fingerprint density at radius 2 is 2.13 bits per heavy atom. The average Bonchev–Trinajstić information content (AvgIpc) is 2.40. The molecule has 80 valence electrons. The first kappa shape index (κ1) is 9.98. The van der Waals surface area contributed by atoms with Crippen LogP contribution in [0.2, 0.25) is 0 Å². The molecule has 0 saturated carbocycles. The van der Waals surface area contributed by atoms with Gasteiger partial charge in [-0.05, 0) is 17.7 Å². The fraction of sp³-hybridized carbons (Fsp3) is 0.364. The maximum absolute atomic E-state index is 11.5. The number of benzene rings is 1. The third kappa shape index (κ3) is 1.94. The second-order valence-corrected chi connectivity index (χ2v) is 3.91. The van der Waals surface area contributed by atoms with E-state index in [0.717, 1.165) is 0 Å². The summed E-state index contributed by atoms with van der Waals surface area (Å²) in [6.45, 7) is 3.35. The number of rotatable bonds is 1. The lowest BCUT2D eigenvalue weighted by Crippen LogP contribution is -2.20. The highest BCUT2D eigenvalue weighted by atomic mass is 16.8. The maximum atomic E-state index is 11.5. The lowest BCUT2D eigenvalue weighted by molar-refractivity contribution is -0.160. The summed E-state index contributed by atoms with van der Waals surface area (Å²) >= 11 is 0. The summed E-state index contributed by atoms with van der Waals surface area (Å²) in [5.41, 5.74) is 0.602. The number of aromatic hydroxyl groups is 1. The molecule has 1 N–H and O–H groups in total. The van der Waals surface area contributed by atoms with Crippen molar-refractivity contribution >= 4 is 5.97 Å². The van der Waals surface area contributed by atoms with Crippen molar-refractivity contribution in [2.75, 3.05) is 0 Å². The van der Waals surface area contributed by atoms with E-state index < -0.39 is 17.9 Å². The van der Waals surface area contributed by atoms with Crippen molar-refractivity contribution in [3.63, 3.8) is 0 Å². The van der Waals surface area contributed by atoms with Gasteiger partial charge in [0.1, 0.15) is 5.75 Å². The van der Waals surface area contributed by atoms with Crippen LogP contribution in [0.15, 0.2) is 24.3 Å². The Balaban J connectivity index is 2.29.